The molecule has 0 saturated heterocycles. The van der Waals surface area contributed by atoms with Gasteiger partial charge in [-0.05, 0) is 25.5 Å². The van der Waals surface area contributed by atoms with Crippen LogP contribution in [-0.2, 0) is 11.2 Å². The molecule has 2 aromatic rings. The monoisotopic (exact) mass is 302 g/mol. The first-order valence-corrected chi connectivity index (χ1v) is 7.59. The van der Waals surface area contributed by atoms with Crippen molar-refractivity contribution in [2.45, 2.75) is 52.0 Å². The van der Waals surface area contributed by atoms with Crippen LogP contribution in [0.3, 0.4) is 0 Å². The van der Waals surface area contributed by atoms with Crippen molar-refractivity contribution < 1.29 is 9.32 Å². The molecule has 0 aliphatic rings. The summed E-state index contributed by atoms with van der Waals surface area (Å²) in [5.41, 5.74) is 0.856. The Hall–Kier alpha value is -2.24. The lowest BCUT2D eigenvalue weighted by Gasteiger charge is -2.12. The Kier molecular flexibility index (Phi) is 5.63. The van der Waals surface area contributed by atoms with E-state index in [-0.39, 0.29) is 17.9 Å². The van der Waals surface area contributed by atoms with E-state index in [1.807, 2.05) is 39.0 Å². The molecule has 2 rings (SSSR count). The van der Waals surface area contributed by atoms with Crippen molar-refractivity contribution in [1.82, 2.24) is 20.4 Å². The molecule has 6 heteroatoms. The maximum Gasteiger partial charge on any atom is 0.226 e. The molecule has 6 nitrogen and oxygen atoms in total. The van der Waals surface area contributed by atoms with Gasteiger partial charge in [-0.2, -0.15) is 4.98 Å². The summed E-state index contributed by atoms with van der Waals surface area (Å²) in [6.45, 7) is 5.95. The third kappa shape index (κ3) is 4.65. The summed E-state index contributed by atoms with van der Waals surface area (Å²) >= 11 is 0. The van der Waals surface area contributed by atoms with Crippen LogP contribution in [-0.4, -0.2) is 21.0 Å². The smallest absolute Gasteiger partial charge is 0.226 e. The van der Waals surface area contributed by atoms with Gasteiger partial charge in [-0.25, -0.2) is 0 Å². The summed E-state index contributed by atoms with van der Waals surface area (Å²) in [6.07, 6.45) is 3.45. The molecule has 1 atom stereocenters. The summed E-state index contributed by atoms with van der Waals surface area (Å²) in [5, 5.41) is 6.84. The molecule has 0 aliphatic heterocycles. The Balaban J connectivity index is 1.73. The average Bonchev–Trinajstić information content (AvgIpc) is 2.97. The largest absolute Gasteiger partial charge is 0.348 e. The number of hydrogen-bond acceptors (Lipinski definition) is 5. The summed E-state index contributed by atoms with van der Waals surface area (Å²) in [7, 11) is 0. The number of nitrogens with one attached hydrogen (secondary N) is 1. The predicted molar refractivity (Wildman–Crippen MR) is 82.1 cm³/mol. The van der Waals surface area contributed by atoms with E-state index in [9.17, 15) is 4.79 Å². The van der Waals surface area contributed by atoms with Gasteiger partial charge in [-0.15, -0.1) is 0 Å². The fourth-order valence-corrected chi connectivity index (χ4v) is 2.02. The average molecular weight is 302 g/mol. The molecule has 118 valence electrons. The van der Waals surface area contributed by atoms with Gasteiger partial charge >= 0.3 is 0 Å². The molecule has 0 saturated carbocycles. The van der Waals surface area contributed by atoms with Gasteiger partial charge in [0.05, 0.1) is 11.7 Å². The van der Waals surface area contributed by atoms with Crippen LogP contribution in [0.4, 0.5) is 0 Å². The number of nitrogens with zero attached hydrogens (tertiary/aromatic N) is 3. The standard InChI is InChI=1S/C16H22N4O2/c1-11(2)16-19-15(22-20-16)9-6-8-14(21)18-12(3)13-7-4-5-10-17-13/h4-5,7,10-12H,6,8-9H2,1-3H3,(H,18,21)/t12-/m1/s1. The third-order valence-corrected chi connectivity index (χ3v) is 3.30. The number of amides is 1. The highest BCUT2D eigenvalue weighted by atomic mass is 16.5. The molecule has 0 spiro atoms. The maximum absolute atomic E-state index is 11.9. The quantitative estimate of drug-likeness (QED) is 0.850. The van der Waals surface area contributed by atoms with Crippen LogP contribution < -0.4 is 5.32 Å². The summed E-state index contributed by atoms with van der Waals surface area (Å²) in [6, 6.07) is 5.57. The first-order chi connectivity index (χ1) is 10.6. The molecule has 0 bridgehead atoms. The highest BCUT2D eigenvalue weighted by Crippen LogP contribution is 2.12. The van der Waals surface area contributed by atoms with Gasteiger partial charge in [0, 0.05) is 25.0 Å². The molecule has 0 aromatic carbocycles. The highest BCUT2D eigenvalue weighted by molar-refractivity contribution is 5.76. The van der Waals surface area contributed by atoms with Gasteiger partial charge in [-0.3, -0.25) is 9.78 Å². The lowest BCUT2D eigenvalue weighted by molar-refractivity contribution is -0.121. The van der Waals surface area contributed by atoms with E-state index < -0.39 is 0 Å². The number of aryl methyl sites for hydroxylation is 1. The maximum atomic E-state index is 11.9. The molecule has 0 fully saturated rings. The fraction of sp³-hybridized carbons (Fsp3) is 0.500. The number of aromatic nitrogens is 3. The van der Waals surface area contributed by atoms with Crippen molar-refractivity contribution in [2.75, 3.05) is 0 Å². The van der Waals surface area contributed by atoms with Crippen LogP contribution in [0.1, 0.15) is 63.0 Å². The van der Waals surface area contributed by atoms with Crippen molar-refractivity contribution in [1.29, 1.82) is 0 Å². The summed E-state index contributed by atoms with van der Waals surface area (Å²) < 4.78 is 5.16. The zero-order valence-corrected chi connectivity index (χ0v) is 13.2. The van der Waals surface area contributed by atoms with Crippen molar-refractivity contribution in [3.05, 3.63) is 41.8 Å². The first kappa shape index (κ1) is 16.1. The zero-order chi connectivity index (χ0) is 15.9. The lowest BCUT2D eigenvalue weighted by Crippen LogP contribution is -2.26. The van der Waals surface area contributed by atoms with Gasteiger partial charge < -0.3 is 9.84 Å². The van der Waals surface area contributed by atoms with Crippen LogP contribution >= 0.6 is 0 Å². The Morgan fingerprint density at radius 1 is 1.32 bits per heavy atom. The normalized spacial score (nSPS) is 12.4. The molecule has 0 radical (unpaired) electrons. The molecule has 2 aromatic heterocycles. The number of pyridine rings is 1. The van der Waals surface area contributed by atoms with Crippen LogP contribution in [0.2, 0.25) is 0 Å². The molecule has 22 heavy (non-hydrogen) atoms. The molecule has 1 amide bonds. The summed E-state index contributed by atoms with van der Waals surface area (Å²) in [5.74, 6) is 1.55. The van der Waals surface area contributed by atoms with E-state index in [0.717, 1.165) is 5.69 Å². The fourth-order valence-electron chi connectivity index (χ4n) is 2.02. The molecule has 0 unspecified atom stereocenters. The van der Waals surface area contributed by atoms with Gasteiger partial charge in [0.1, 0.15) is 0 Å². The highest BCUT2D eigenvalue weighted by Gasteiger charge is 2.12. The van der Waals surface area contributed by atoms with E-state index in [4.69, 9.17) is 4.52 Å². The number of hydrogen-bond donors (Lipinski definition) is 1. The zero-order valence-electron chi connectivity index (χ0n) is 13.2. The topological polar surface area (TPSA) is 80.9 Å². The van der Waals surface area contributed by atoms with Crippen LogP contribution in [0.25, 0.3) is 0 Å². The van der Waals surface area contributed by atoms with Crippen molar-refractivity contribution in [3.8, 4) is 0 Å². The molecular formula is C16H22N4O2. The first-order valence-electron chi connectivity index (χ1n) is 7.59. The second-order valence-electron chi connectivity index (χ2n) is 5.60. The number of rotatable bonds is 7. The predicted octanol–water partition coefficient (Wildman–Crippen LogP) is 2.79. The number of carbonyl (C=O) groups excluding carboxylic acids is 1. The summed E-state index contributed by atoms with van der Waals surface area (Å²) in [4.78, 5) is 20.5. The third-order valence-electron chi connectivity index (χ3n) is 3.30. The SMILES string of the molecule is CC(C)c1noc(CCCC(=O)N[C@H](C)c2ccccn2)n1. The minimum Gasteiger partial charge on any atom is -0.348 e. The molecule has 1 N–H and O–H groups in total. The Morgan fingerprint density at radius 2 is 2.14 bits per heavy atom. The van der Waals surface area contributed by atoms with E-state index in [0.29, 0.717) is 31.0 Å². The Morgan fingerprint density at radius 3 is 2.77 bits per heavy atom. The van der Waals surface area contributed by atoms with Gasteiger partial charge in [-0.1, -0.05) is 25.1 Å². The van der Waals surface area contributed by atoms with Crippen LogP contribution in [0, 0.1) is 0 Å². The molecule has 2 heterocycles. The van der Waals surface area contributed by atoms with Gasteiger partial charge in [0.2, 0.25) is 11.8 Å². The lowest BCUT2D eigenvalue weighted by atomic mass is 10.2. The second-order valence-corrected chi connectivity index (χ2v) is 5.60. The Bertz CT molecular complexity index is 595. The van der Waals surface area contributed by atoms with E-state index in [1.165, 1.54) is 0 Å². The van der Waals surface area contributed by atoms with Crippen molar-refractivity contribution in [2.24, 2.45) is 0 Å². The van der Waals surface area contributed by atoms with Gasteiger partial charge in [0.25, 0.3) is 0 Å². The minimum absolute atomic E-state index is 0.00162. The minimum atomic E-state index is -0.0929. The Labute approximate surface area is 130 Å². The van der Waals surface area contributed by atoms with E-state index in [2.05, 4.69) is 20.4 Å². The molecular weight excluding hydrogens is 280 g/mol. The van der Waals surface area contributed by atoms with E-state index >= 15 is 0 Å². The number of carbonyl (C=O) groups is 1. The van der Waals surface area contributed by atoms with Gasteiger partial charge in [0.15, 0.2) is 5.82 Å². The second kappa shape index (κ2) is 7.68. The molecule has 0 aliphatic carbocycles. The van der Waals surface area contributed by atoms with E-state index in [1.54, 1.807) is 6.20 Å². The van der Waals surface area contributed by atoms with Crippen LogP contribution in [0.5, 0.6) is 0 Å². The van der Waals surface area contributed by atoms with Crippen molar-refractivity contribution >= 4 is 5.91 Å². The van der Waals surface area contributed by atoms with Crippen LogP contribution in [0.15, 0.2) is 28.9 Å². The van der Waals surface area contributed by atoms with Crippen molar-refractivity contribution in [3.63, 3.8) is 0 Å².